The molecule has 0 aromatic heterocycles. The second-order valence-corrected chi connectivity index (χ2v) is 8.05. The van der Waals surface area contributed by atoms with Crippen molar-refractivity contribution in [1.82, 2.24) is 10.6 Å². The molecule has 0 saturated heterocycles. The number of hydrogen-bond donors (Lipinski definition) is 2. The zero-order chi connectivity index (χ0) is 14.9. The van der Waals surface area contributed by atoms with Crippen LogP contribution in [0.5, 0.6) is 0 Å². The normalized spacial score (nSPS) is 13.8. The fourth-order valence-electron chi connectivity index (χ4n) is 1.61. The quantitative estimate of drug-likeness (QED) is 0.381. The van der Waals surface area contributed by atoms with Gasteiger partial charge in [-0.2, -0.15) is 0 Å². The van der Waals surface area contributed by atoms with E-state index in [0.29, 0.717) is 18.2 Å². The molecule has 2 N–H and O–H groups in total. The minimum Gasteiger partial charge on any atom is -0.356 e. The van der Waals surface area contributed by atoms with Gasteiger partial charge in [-0.3, -0.25) is 9.20 Å². The number of nitrogens with zero attached hydrogens (tertiary/aromatic N) is 1. The summed E-state index contributed by atoms with van der Waals surface area (Å²) >= 11 is 0. The third kappa shape index (κ3) is 9.96. The van der Waals surface area contributed by atoms with Crippen LogP contribution >= 0.6 is 24.0 Å². The molecule has 20 heavy (non-hydrogen) atoms. The van der Waals surface area contributed by atoms with Crippen LogP contribution in [0, 0.1) is 5.92 Å². The molecule has 1 unspecified atom stereocenters. The van der Waals surface area contributed by atoms with Gasteiger partial charge in [-0.15, -0.1) is 24.0 Å². The molecule has 0 amide bonds. The lowest BCUT2D eigenvalue weighted by atomic mass is 10.0. The molecule has 0 heterocycles. The molecule has 0 aromatic carbocycles. The minimum atomic E-state index is -0.817. The van der Waals surface area contributed by atoms with Crippen LogP contribution < -0.4 is 10.6 Å². The average molecular weight is 417 g/mol. The van der Waals surface area contributed by atoms with Crippen molar-refractivity contribution in [2.45, 2.75) is 52.2 Å². The summed E-state index contributed by atoms with van der Waals surface area (Å²) in [5.41, 5.74) is 0. The van der Waals surface area contributed by atoms with E-state index < -0.39 is 10.8 Å². The predicted molar refractivity (Wildman–Crippen MR) is 102 cm³/mol. The zero-order valence-electron chi connectivity index (χ0n) is 13.8. The maximum atomic E-state index is 11.9. The Morgan fingerprint density at radius 1 is 1.20 bits per heavy atom. The summed E-state index contributed by atoms with van der Waals surface area (Å²) in [5.74, 6) is 2.13. The fraction of sp³-hybridized carbons (Fsp3) is 0.929. The van der Waals surface area contributed by atoms with E-state index in [0.717, 1.165) is 12.5 Å². The van der Waals surface area contributed by atoms with Gasteiger partial charge in [-0.05, 0) is 26.7 Å². The van der Waals surface area contributed by atoms with E-state index in [2.05, 4.69) is 29.5 Å². The van der Waals surface area contributed by atoms with Gasteiger partial charge in [0.25, 0.3) is 0 Å². The largest absolute Gasteiger partial charge is 0.356 e. The summed E-state index contributed by atoms with van der Waals surface area (Å²) in [6.07, 6.45) is 2.35. The highest BCUT2D eigenvalue weighted by Crippen LogP contribution is 2.10. The van der Waals surface area contributed by atoms with Crippen molar-refractivity contribution in [2.24, 2.45) is 10.9 Å². The lowest BCUT2D eigenvalue weighted by Gasteiger charge is -2.19. The Hall–Kier alpha value is 0.150. The summed E-state index contributed by atoms with van der Waals surface area (Å²) in [4.78, 5) is 4.18. The molecular formula is C14H32IN3OS. The van der Waals surface area contributed by atoms with Gasteiger partial charge in [-0.25, -0.2) is 0 Å². The highest BCUT2D eigenvalue weighted by Gasteiger charge is 2.18. The van der Waals surface area contributed by atoms with E-state index in [1.165, 1.54) is 12.8 Å². The van der Waals surface area contributed by atoms with Crippen molar-refractivity contribution < 1.29 is 4.21 Å². The Labute approximate surface area is 144 Å². The first-order valence-electron chi connectivity index (χ1n) is 7.18. The zero-order valence-corrected chi connectivity index (χ0v) is 16.9. The maximum absolute atomic E-state index is 11.9. The molecule has 0 aliphatic heterocycles. The molecule has 0 fully saturated rings. The molecule has 0 aromatic rings. The Morgan fingerprint density at radius 2 is 1.75 bits per heavy atom. The van der Waals surface area contributed by atoms with Gasteiger partial charge in [0.05, 0.1) is 0 Å². The second kappa shape index (κ2) is 11.8. The van der Waals surface area contributed by atoms with Gasteiger partial charge in [0, 0.05) is 41.4 Å². The van der Waals surface area contributed by atoms with Gasteiger partial charge in [0.15, 0.2) is 5.96 Å². The minimum absolute atomic E-state index is 0. The van der Waals surface area contributed by atoms with E-state index in [-0.39, 0.29) is 28.7 Å². The number of rotatable bonds is 7. The molecule has 4 nitrogen and oxygen atoms in total. The number of aliphatic imine (C=N–C) groups is 1. The van der Waals surface area contributed by atoms with Crippen LogP contribution in [-0.4, -0.2) is 40.8 Å². The number of guanidine groups is 1. The first-order chi connectivity index (χ1) is 8.85. The molecule has 0 rings (SSSR count). The molecule has 6 heteroatoms. The number of halogens is 1. The lowest BCUT2D eigenvalue weighted by Crippen LogP contribution is -2.42. The first kappa shape index (κ1) is 22.4. The first-order valence-corrected chi connectivity index (χ1v) is 8.50. The number of hydrogen-bond acceptors (Lipinski definition) is 2. The van der Waals surface area contributed by atoms with Gasteiger partial charge < -0.3 is 10.6 Å². The van der Waals surface area contributed by atoms with Gasteiger partial charge in [0.2, 0.25) is 0 Å². The number of nitrogens with one attached hydrogen (secondary N) is 2. The lowest BCUT2D eigenvalue weighted by molar-refractivity contribution is 0.481. The molecule has 0 aliphatic rings. The van der Waals surface area contributed by atoms with Crippen LogP contribution in [-0.2, 0) is 10.8 Å². The SMILES string of the molecule is CCC(CC)CNC(=NC)NCCS(=O)C(C)(C)C.I. The van der Waals surface area contributed by atoms with E-state index in [1.807, 2.05) is 20.8 Å². The Kier molecular flexibility index (Phi) is 13.2. The van der Waals surface area contributed by atoms with Crippen LogP contribution in [0.1, 0.15) is 47.5 Å². The van der Waals surface area contributed by atoms with Crippen LogP contribution in [0.25, 0.3) is 0 Å². The Balaban J connectivity index is 0. The molecule has 0 spiro atoms. The van der Waals surface area contributed by atoms with Crippen LogP contribution in [0.4, 0.5) is 0 Å². The Morgan fingerprint density at radius 3 is 2.15 bits per heavy atom. The van der Waals surface area contributed by atoms with Crippen molar-refractivity contribution in [3.8, 4) is 0 Å². The fourth-order valence-corrected chi connectivity index (χ4v) is 2.51. The van der Waals surface area contributed by atoms with Gasteiger partial charge in [-0.1, -0.05) is 26.7 Å². The van der Waals surface area contributed by atoms with E-state index in [1.54, 1.807) is 7.05 Å². The Bertz CT molecular complexity index is 299. The maximum Gasteiger partial charge on any atom is 0.191 e. The standard InChI is InChI=1S/C14H31N3OS.HI/c1-7-12(8-2)11-17-13(15-6)16-9-10-19(18)14(3,4)5;/h12H,7-11H2,1-6H3,(H2,15,16,17);1H. The third-order valence-electron chi connectivity index (χ3n) is 3.20. The van der Waals surface area contributed by atoms with Gasteiger partial charge >= 0.3 is 0 Å². The highest BCUT2D eigenvalue weighted by molar-refractivity contribution is 14.0. The van der Waals surface area contributed by atoms with E-state index >= 15 is 0 Å². The van der Waals surface area contributed by atoms with Crippen molar-refractivity contribution in [3.63, 3.8) is 0 Å². The topological polar surface area (TPSA) is 53.5 Å². The summed E-state index contributed by atoms with van der Waals surface area (Å²) in [5, 5.41) is 6.55. The summed E-state index contributed by atoms with van der Waals surface area (Å²) in [6.45, 7) is 12.0. The molecule has 0 saturated carbocycles. The monoisotopic (exact) mass is 417 g/mol. The van der Waals surface area contributed by atoms with Crippen molar-refractivity contribution in [2.75, 3.05) is 25.9 Å². The van der Waals surface area contributed by atoms with E-state index in [9.17, 15) is 4.21 Å². The molecule has 0 radical (unpaired) electrons. The van der Waals surface area contributed by atoms with Crippen LogP contribution in [0.2, 0.25) is 0 Å². The summed E-state index contributed by atoms with van der Waals surface area (Å²) in [7, 11) is 0.950. The van der Waals surface area contributed by atoms with Gasteiger partial charge in [0.1, 0.15) is 0 Å². The highest BCUT2D eigenvalue weighted by atomic mass is 127. The summed E-state index contributed by atoms with van der Waals surface area (Å²) < 4.78 is 11.8. The van der Waals surface area contributed by atoms with Crippen molar-refractivity contribution in [1.29, 1.82) is 0 Å². The third-order valence-corrected chi connectivity index (χ3v) is 5.14. The molecule has 0 bridgehead atoms. The smallest absolute Gasteiger partial charge is 0.191 e. The molecule has 0 aliphatic carbocycles. The van der Waals surface area contributed by atoms with Crippen molar-refractivity contribution in [3.05, 3.63) is 0 Å². The second-order valence-electron chi connectivity index (χ2n) is 5.72. The average Bonchev–Trinajstić information content (AvgIpc) is 2.36. The van der Waals surface area contributed by atoms with Crippen molar-refractivity contribution >= 4 is 40.7 Å². The molecular weight excluding hydrogens is 385 g/mol. The predicted octanol–water partition coefficient (Wildman–Crippen LogP) is 2.75. The van der Waals surface area contributed by atoms with Crippen LogP contribution in [0.3, 0.4) is 0 Å². The van der Waals surface area contributed by atoms with Crippen LogP contribution in [0.15, 0.2) is 4.99 Å². The molecule has 122 valence electrons. The van der Waals surface area contributed by atoms with E-state index in [4.69, 9.17) is 0 Å². The molecule has 1 atom stereocenters. The summed E-state index contributed by atoms with van der Waals surface area (Å²) in [6, 6.07) is 0.